The number of ketones is 1. The highest BCUT2D eigenvalue weighted by Crippen LogP contribution is 2.24. The van der Waals surface area contributed by atoms with Gasteiger partial charge in [-0.3, -0.25) is 23.3 Å². The summed E-state index contributed by atoms with van der Waals surface area (Å²) in [5.41, 5.74) is -1.99. The molecule has 1 atom stereocenters. The lowest BCUT2D eigenvalue weighted by molar-refractivity contribution is -0.0498. The van der Waals surface area contributed by atoms with Gasteiger partial charge in [0, 0.05) is 31.7 Å². The Kier molecular flexibility index (Phi) is 9.22. The van der Waals surface area contributed by atoms with Gasteiger partial charge in [-0.2, -0.15) is 13.8 Å². The number of nitrogens with one attached hydrogen (secondary N) is 1. The van der Waals surface area contributed by atoms with Crippen molar-refractivity contribution < 1.29 is 27.8 Å². The third-order valence-electron chi connectivity index (χ3n) is 6.73. The van der Waals surface area contributed by atoms with Crippen LogP contribution in [0.1, 0.15) is 50.9 Å². The summed E-state index contributed by atoms with van der Waals surface area (Å²) in [6.45, 7) is 4.31. The molecule has 12 nitrogen and oxygen atoms in total. The Morgan fingerprint density at radius 2 is 1.95 bits per heavy atom. The number of hydrogen-bond acceptors (Lipinski definition) is 8. The second-order valence-electron chi connectivity index (χ2n) is 11.1. The van der Waals surface area contributed by atoms with Crippen molar-refractivity contribution in [3.8, 4) is 17.6 Å². The predicted octanol–water partition coefficient (Wildman–Crippen LogP) is 2.90. The van der Waals surface area contributed by atoms with Crippen molar-refractivity contribution in [2.24, 2.45) is 7.05 Å². The normalized spacial score (nSPS) is 15.3. The van der Waals surface area contributed by atoms with Crippen LogP contribution in [0.15, 0.2) is 33.9 Å². The van der Waals surface area contributed by atoms with Gasteiger partial charge in [-0.1, -0.05) is 18.1 Å². The highest BCUT2D eigenvalue weighted by Gasteiger charge is 2.29. The minimum Gasteiger partial charge on any atom is -0.444 e. The lowest BCUT2D eigenvalue weighted by atomic mass is 10.1. The van der Waals surface area contributed by atoms with Crippen LogP contribution in [0.3, 0.4) is 0 Å². The molecule has 1 amide bonds. The molecule has 1 saturated heterocycles. The van der Waals surface area contributed by atoms with Gasteiger partial charge in [0.1, 0.15) is 11.4 Å². The largest absolute Gasteiger partial charge is 0.444 e. The van der Waals surface area contributed by atoms with Crippen molar-refractivity contribution in [1.29, 1.82) is 0 Å². The third kappa shape index (κ3) is 7.22. The minimum atomic E-state index is -3.08. The predicted molar refractivity (Wildman–Crippen MR) is 155 cm³/mol. The molecule has 3 aromatic rings. The number of rotatable bonds is 8. The molecular weight excluding hydrogens is 566 g/mol. The van der Waals surface area contributed by atoms with Gasteiger partial charge in [-0.25, -0.2) is 9.59 Å². The van der Waals surface area contributed by atoms with Gasteiger partial charge in [0.05, 0.1) is 13.1 Å². The van der Waals surface area contributed by atoms with E-state index in [2.05, 4.69) is 26.9 Å². The van der Waals surface area contributed by atoms with Crippen LogP contribution in [0.5, 0.6) is 5.75 Å². The van der Waals surface area contributed by atoms with Crippen LogP contribution in [0, 0.1) is 11.8 Å². The highest BCUT2D eigenvalue weighted by atomic mass is 19.3. The number of alkyl halides is 2. The fraction of sp³-hybridized carbons (Fsp3) is 0.483. The van der Waals surface area contributed by atoms with Crippen LogP contribution in [0.4, 0.5) is 19.5 Å². The number of hydrogen-bond donors (Lipinski definition) is 1. The fourth-order valence-electron chi connectivity index (χ4n) is 4.88. The fourth-order valence-corrected chi connectivity index (χ4v) is 4.88. The molecule has 4 rings (SSSR count). The van der Waals surface area contributed by atoms with E-state index in [4.69, 9.17) is 4.74 Å². The second-order valence-corrected chi connectivity index (χ2v) is 11.1. The Balaban J connectivity index is 1.71. The number of benzene rings is 1. The summed E-state index contributed by atoms with van der Waals surface area (Å²) in [6.07, 6.45) is 0.891. The topological polar surface area (TPSA) is 130 Å². The van der Waals surface area contributed by atoms with E-state index in [0.717, 1.165) is 17.1 Å². The Bertz CT molecular complexity index is 1710. The molecule has 2 aromatic heterocycles. The van der Waals surface area contributed by atoms with Crippen molar-refractivity contribution >= 4 is 29.0 Å². The molecule has 0 saturated carbocycles. The zero-order valence-corrected chi connectivity index (χ0v) is 24.6. The minimum absolute atomic E-state index is 0.00454. The smallest absolute Gasteiger partial charge is 0.407 e. The molecule has 0 aliphatic carbocycles. The number of fused-ring (bicyclic) bond motifs is 1. The van der Waals surface area contributed by atoms with Crippen LogP contribution in [0.25, 0.3) is 11.2 Å². The number of imidazole rings is 1. The van der Waals surface area contributed by atoms with Gasteiger partial charge in [-0.15, -0.1) is 5.92 Å². The Labute approximate surface area is 246 Å². The Hall–Kier alpha value is -4.67. The molecule has 230 valence electrons. The number of amides is 1. The average molecular weight is 601 g/mol. The maximum Gasteiger partial charge on any atom is 0.407 e. The molecule has 43 heavy (non-hydrogen) atoms. The summed E-state index contributed by atoms with van der Waals surface area (Å²) in [4.78, 5) is 59.1. The summed E-state index contributed by atoms with van der Waals surface area (Å²) in [5.74, 6) is 5.26. The van der Waals surface area contributed by atoms with E-state index in [-0.39, 0.29) is 35.1 Å². The standard InChI is InChI=1S/C29H34F2N6O6/c1-6-7-14-36-22-23(33-26(36)35-13-9-11-19(16-35)32-27(40)43-29(2,3)4)34(5)28(41)37(24(22)39)17-21(38)18-10-8-12-20(15-18)42-25(30)31/h8,10,12,15,19,25H,9,11,13-14,16-17H2,1-5H3,(H,32,40)/t19-/m1/s1. The van der Waals surface area contributed by atoms with E-state index in [9.17, 15) is 28.0 Å². The van der Waals surface area contributed by atoms with Gasteiger partial charge in [0.2, 0.25) is 5.95 Å². The molecule has 1 aliphatic rings. The van der Waals surface area contributed by atoms with Crippen LogP contribution in [0.2, 0.25) is 0 Å². The van der Waals surface area contributed by atoms with Crippen molar-refractivity contribution in [2.45, 2.75) is 71.9 Å². The van der Waals surface area contributed by atoms with Gasteiger partial charge in [0.15, 0.2) is 16.9 Å². The van der Waals surface area contributed by atoms with E-state index in [1.807, 2.05) is 4.90 Å². The van der Waals surface area contributed by atoms with E-state index < -0.39 is 41.9 Å². The second kappa shape index (κ2) is 12.7. The lowest BCUT2D eigenvalue weighted by Gasteiger charge is -2.34. The van der Waals surface area contributed by atoms with E-state index in [1.54, 1.807) is 32.3 Å². The molecule has 0 spiro atoms. The molecule has 3 heterocycles. The zero-order chi connectivity index (χ0) is 31.5. The van der Waals surface area contributed by atoms with Crippen LogP contribution in [-0.2, 0) is 24.9 Å². The first-order chi connectivity index (χ1) is 20.3. The number of halogens is 2. The first-order valence-corrected chi connectivity index (χ1v) is 13.7. The van der Waals surface area contributed by atoms with E-state index in [0.29, 0.717) is 25.5 Å². The van der Waals surface area contributed by atoms with Gasteiger partial charge in [0.25, 0.3) is 5.56 Å². The zero-order valence-electron chi connectivity index (χ0n) is 24.6. The Morgan fingerprint density at radius 1 is 1.21 bits per heavy atom. The molecular formula is C29H34F2N6O6. The summed E-state index contributed by atoms with van der Waals surface area (Å²) < 4.78 is 38.6. The number of nitrogens with zero attached hydrogens (tertiary/aromatic N) is 5. The monoisotopic (exact) mass is 600 g/mol. The van der Waals surface area contributed by atoms with Crippen molar-refractivity contribution in [1.82, 2.24) is 24.0 Å². The molecule has 14 heteroatoms. The molecule has 0 bridgehead atoms. The Morgan fingerprint density at radius 3 is 2.63 bits per heavy atom. The first-order valence-electron chi connectivity index (χ1n) is 13.7. The number of piperidine rings is 1. The summed E-state index contributed by atoms with van der Waals surface area (Å²) in [5, 5.41) is 2.89. The summed E-state index contributed by atoms with van der Waals surface area (Å²) in [6, 6.07) is 4.88. The van der Waals surface area contributed by atoms with Crippen molar-refractivity contribution in [3.63, 3.8) is 0 Å². The number of carbonyl (C=O) groups is 2. The number of anilines is 1. The SMILES string of the molecule is CC#CCn1c(N2CCC[C@@H](NC(=O)OC(C)(C)C)C2)nc2c1c(=O)n(CC(=O)c1cccc(OC(F)F)c1)c(=O)n2C. The van der Waals surface area contributed by atoms with E-state index >= 15 is 0 Å². The highest BCUT2D eigenvalue weighted by molar-refractivity contribution is 5.96. The third-order valence-corrected chi connectivity index (χ3v) is 6.73. The van der Waals surface area contributed by atoms with Crippen LogP contribution in [-0.4, -0.2) is 61.9 Å². The quantitative estimate of drug-likeness (QED) is 0.309. The van der Waals surface area contributed by atoms with Gasteiger partial charge < -0.3 is 19.7 Å². The van der Waals surface area contributed by atoms with Gasteiger partial charge in [-0.05, 0) is 52.7 Å². The number of ether oxygens (including phenoxy) is 2. The molecule has 1 aliphatic heterocycles. The molecule has 1 N–H and O–H groups in total. The number of Topliss-reactive ketones (excluding diaryl/α,β-unsaturated/α-hetero) is 1. The summed E-state index contributed by atoms with van der Waals surface area (Å²) in [7, 11) is 1.44. The maximum absolute atomic E-state index is 13.8. The van der Waals surface area contributed by atoms with Gasteiger partial charge >= 0.3 is 18.4 Å². The average Bonchev–Trinajstić information content (AvgIpc) is 3.31. The van der Waals surface area contributed by atoms with Crippen molar-refractivity contribution in [2.75, 3.05) is 18.0 Å². The molecule has 1 aromatic carbocycles. The first kappa shape index (κ1) is 31.3. The summed E-state index contributed by atoms with van der Waals surface area (Å²) >= 11 is 0. The van der Waals surface area contributed by atoms with Crippen LogP contribution < -0.4 is 26.2 Å². The molecule has 1 fully saturated rings. The molecule has 0 unspecified atom stereocenters. The maximum atomic E-state index is 13.8. The molecule has 0 radical (unpaired) electrons. The van der Waals surface area contributed by atoms with Crippen LogP contribution >= 0.6 is 0 Å². The number of alkyl carbamates (subject to hydrolysis) is 1. The lowest BCUT2D eigenvalue weighted by Crippen LogP contribution is -2.49. The number of aryl methyl sites for hydroxylation is 1. The van der Waals surface area contributed by atoms with E-state index in [1.165, 1.54) is 29.8 Å². The number of aromatic nitrogens is 4. The van der Waals surface area contributed by atoms with Crippen molar-refractivity contribution in [3.05, 3.63) is 50.7 Å². The number of carbonyl (C=O) groups excluding carboxylic acids is 2.